The molecule has 1 aromatic rings. The van der Waals surface area contributed by atoms with Gasteiger partial charge < -0.3 is 10.1 Å². The van der Waals surface area contributed by atoms with Crippen LogP contribution in [0.15, 0.2) is 30.3 Å². The summed E-state index contributed by atoms with van der Waals surface area (Å²) in [5, 5.41) is 3.49. The average Bonchev–Trinajstić information content (AvgIpc) is 2.87. The van der Waals surface area contributed by atoms with E-state index in [1.807, 2.05) is 0 Å². The number of fused-ring (bicyclic) bond motifs is 1. The number of hydrogen-bond donors (Lipinski definition) is 1. The summed E-state index contributed by atoms with van der Waals surface area (Å²) in [7, 11) is 0. The zero-order valence-electron chi connectivity index (χ0n) is 12.8. The molecule has 2 saturated heterocycles. The van der Waals surface area contributed by atoms with Gasteiger partial charge in [0.05, 0.1) is 12.2 Å². The highest BCUT2D eigenvalue weighted by molar-refractivity contribution is 5.15. The van der Waals surface area contributed by atoms with Crippen molar-refractivity contribution in [3.63, 3.8) is 0 Å². The van der Waals surface area contributed by atoms with E-state index in [4.69, 9.17) is 4.74 Å². The molecule has 1 N–H and O–H groups in total. The van der Waals surface area contributed by atoms with Gasteiger partial charge in [0.25, 0.3) is 0 Å². The summed E-state index contributed by atoms with van der Waals surface area (Å²) in [5.41, 5.74) is 1.59. The van der Waals surface area contributed by atoms with Gasteiger partial charge >= 0.3 is 0 Å². The van der Waals surface area contributed by atoms with Gasteiger partial charge in [0.2, 0.25) is 0 Å². The molecular formula is C17H26N2O. The van der Waals surface area contributed by atoms with Crippen LogP contribution in [0.2, 0.25) is 0 Å². The molecule has 1 aromatic carbocycles. The topological polar surface area (TPSA) is 24.5 Å². The van der Waals surface area contributed by atoms with Gasteiger partial charge in [0.15, 0.2) is 0 Å². The molecular weight excluding hydrogens is 248 g/mol. The highest BCUT2D eigenvalue weighted by Crippen LogP contribution is 2.32. The number of ether oxygens (including phenoxy) is 1. The highest BCUT2D eigenvalue weighted by atomic mass is 16.5. The van der Waals surface area contributed by atoms with Gasteiger partial charge in [-0.1, -0.05) is 51.1 Å². The number of rotatable bonds is 2. The molecule has 2 aliphatic heterocycles. The number of benzene rings is 1. The quantitative estimate of drug-likeness (QED) is 0.895. The first-order valence-corrected chi connectivity index (χ1v) is 7.68. The molecule has 3 heteroatoms. The average molecular weight is 274 g/mol. The Balaban J connectivity index is 1.76. The number of morpholine rings is 1. The van der Waals surface area contributed by atoms with Crippen LogP contribution in [0.25, 0.3) is 0 Å². The predicted molar refractivity (Wildman–Crippen MR) is 81.6 cm³/mol. The minimum Gasteiger partial charge on any atom is -0.370 e. The third kappa shape index (κ3) is 2.90. The normalized spacial score (nSPS) is 31.2. The summed E-state index contributed by atoms with van der Waals surface area (Å²) < 4.78 is 6.34. The van der Waals surface area contributed by atoms with Gasteiger partial charge in [-0.15, -0.1) is 0 Å². The zero-order chi connectivity index (χ0) is 14.2. The van der Waals surface area contributed by atoms with E-state index in [0.717, 1.165) is 26.2 Å². The van der Waals surface area contributed by atoms with E-state index in [0.29, 0.717) is 18.2 Å². The van der Waals surface area contributed by atoms with Crippen LogP contribution in [-0.4, -0.2) is 42.8 Å². The Morgan fingerprint density at radius 1 is 1.20 bits per heavy atom. The highest BCUT2D eigenvalue weighted by Gasteiger charge is 2.43. The molecule has 3 atom stereocenters. The lowest BCUT2D eigenvalue weighted by Gasteiger charge is -2.45. The van der Waals surface area contributed by atoms with Gasteiger partial charge in [-0.25, -0.2) is 0 Å². The van der Waals surface area contributed by atoms with Crippen LogP contribution in [0.3, 0.4) is 0 Å². The van der Waals surface area contributed by atoms with Crippen molar-refractivity contribution in [1.29, 1.82) is 0 Å². The van der Waals surface area contributed by atoms with Crippen LogP contribution in [0.1, 0.15) is 26.3 Å². The van der Waals surface area contributed by atoms with Crippen molar-refractivity contribution in [1.82, 2.24) is 10.2 Å². The molecule has 2 aliphatic rings. The van der Waals surface area contributed by atoms with Crippen LogP contribution >= 0.6 is 0 Å². The van der Waals surface area contributed by atoms with E-state index < -0.39 is 0 Å². The fourth-order valence-corrected chi connectivity index (χ4v) is 3.22. The molecule has 0 amide bonds. The first-order valence-electron chi connectivity index (χ1n) is 7.68. The Morgan fingerprint density at radius 3 is 2.65 bits per heavy atom. The first-order chi connectivity index (χ1) is 9.54. The van der Waals surface area contributed by atoms with Gasteiger partial charge in [-0.3, -0.25) is 4.90 Å². The molecule has 20 heavy (non-hydrogen) atoms. The van der Waals surface area contributed by atoms with Crippen LogP contribution in [0.4, 0.5) is 0 Å². The largest absolute Gasteiger partial charge is 0.370 e. The Kier molecular flexibility index (Phi) is 3.85. The van der Waals surface area contributed by atoms with Crippen molar-refractivity contribution < 1.29 is 4.74 Å². The minimum atomic E-state index is 0.197. The van der Waals surface area contributed by atoms with Crippen molar-refractivity contribution >= 4 is 0 Å². The van der Waals surface area contributed by atoms with Crippen LogP contribution in [0.5, 0.6) is 0 Å². The second-order valence-electron chi connectivity index (χ2n) is 7.17. The predicted octanol–water partition coefficient (Wildman–Crippen LogP) is 2.27. The van der Waals surface area contributed by atoms with E-state index in [1.165, 1.54) is 5.56 Å². The third-order valence-corrected chi connectivity index (χ3v) is 4.53. The molecule has 0 aromatic heterocycles. The minimum absolute atomic E-state index is 0.197. The fourth-order valence-electron chi connectivity index (χ4n) is 3.22. The van der Waals surface area contributed by atoms with E-state index in [9.17, 15) is 0 Å². The van der Waals surface area contributed by atoms with Gasteiger partial charge in [0, 0.05) is 32.2 Å². The number of hydrogen-bond acceptors (Lipinski definition) is 3. The van der Waals surface area contributed by atoms with E-state index in [1.54, 1.807) is 0 Å². The summed E-state index contributed by atoms with van der Waals surface area (Å²) in [6, 6.07) is 11.3. The molecule has 0 spiro atoms. The standard InChI is InChI=1S/C17H26N2O/c1-17(2,3)16-12-19(11-13-7-5-4-6-8-13)14-9-18-10-15(14)20-16/h4-8,14-16,18H,9-12H2,1-3H3. The molecule has 2 heterocycles. The fraction of sp³-hybridized carbons (Fsp3) is 0.647. The van der Waals surface area contributed by atoms with Crippen LogP contribution < -0.4 is 5.32 Å². The van der Waals surface area contributed by atoms with Crippen LogP contribution in [0, 0.1) is 5.41 Å². The molecule has 3 rings (SSSR count). The lowest BCUT2D eigenvalue weighted by molar-refractivity contribution is -0.140. The molecule has 3 unspecified atom stereocenters. The van der Waals surface area contributed by atoms with Gasteiger partial charge in [0.1, 0.15) is 0 Å². The maximum atomic E-state index is 6.34. The zero-order valence-corrected chi connectivity index (χ0v) is 12.8. The van der Waals surface area contributed by atoms with E-state index >= 15 is 0 Å². The SMILES string of the molecule is CC(C)(C)C1CN(Cc2ccccc2)C2CNCC2O1. The number of nitrogens with one attached hydrogen (secondary N) is 1. The molecule has 0 saturated carbocycles. The molecule has 0 aliphatic carbocycles. The van der Waals surface area contributed by atoms with Crippen molar-refractivity contribution in [2.24, 2.45) is 5.41 Å². The molecule has 0 radical (unpaired) electrons. The summed E-state index contributed by atoms with van der Waals surface area (Å²) in [6.07, 6.45) is 0.657. The van der Waals surface area contributed by atoms with E-state index in [-0.39, 0.29) is 5.41 Å². The monoisotopic (exact) mass is 274 g/mol. The lowest BCUT2D eigenvalue weighted by Crippen LogP contribution is -2.57. The summed E-state index contributed by atoms with van der Waals surface area (Å²) >= 11 is 0. The maximum absolute atomic E-state index is 6.34. The van der Waals surface area contributed by atoms with Crippen molar-refractivity contribution in [2.75, 3.05) is 19.6 Å². The summed E-state index contributed by atoms with van der Waals surface area (Å²) in [5.74, 6) is 0. The second-order valence-corrected chi connectivity index (χ2v) is 7.17. The first kappa shape index (κ1) is 14.1. The molecule has 3 nitrogen and oxygen atoms in total. The van der Waals surface area contributed by atoms with E-state index in [2.05, 4.69) is 61.3 Å². The van der Waals surface area contributed by atoms with Crippen LogP contribution in [-0.2, 0) is 11.3 Å². The molecule has 110 valence electrons. The maximum Gasteiger partial charge on any atom is 0.0871 e. The molecule has 0 bridgehead atoms. The van der Waals surface area contributed by atoms with Crippen molar-refractivity contribution in [3.05, 3.63) is 35.9 Å². The molecule has 2 fully saturated rings. The van der Waals surface area contributed by atoms with Gasteiger partial charge in [-0.05, 0) is 11.0 Å². The second kappa shape index (κ2) is 5.47. The Bertz CT molecular complexity index is 440. The Labute approximate surface area is 122 Å². The lowest BCUT2D eigenvalue weighted by atomic mass is 9.86. The Morgan fingerprint density at radius 2 is 1.95 bits per heavy atom. The summed E-state index contributed by atoms with van der Waals surface area (Å²) in [4.78, 5) is 2.61. The van der Waals surface area contributed by atoms with Crippen molar-refractivity contribution in [3.8, 4) is 0 Å². The summed E-state index contributed by atoms with van der Waals surface area (Å²) in [6.45, 7) is 10.9. The smallest absolute Gasteiger partial charge is 0.0871 e. The Hall–Kier alpha value is -0.900. The van der Waals surface area contributed by atoms with Gasteiger partial charge in [-0.2, -0.15) is 0 Å². The third-order valence-electron chi connectivity index (χ3n) is 4.53. The van der Waals surface area contributed by atoms with Crippen molar-refractivity contribution in [2.45, 2.75) is 45.6 Å². The number of nitrogens with zero attached hydrogens (tertiary/aromatic N) is 1.